The number of esters is 1. The largest absolute Gasteiger partial charge is 0.465 e. The van der Waals surface area contributed by atoms with Crippen molar-refractivity contribution in [2.24, 2.45) is 0 Å². The minimum absolute atomic E-state index is 0.116. The molecular weight excluding hydrogens is 349 g/mol. The summed E-state index contributed by atoms with van der Waals surface area (Å²) in [5, 5.41) is 4.14. The summed E-state index contributed by atoms with van der Waals surface area (Å²) in [6.45, 7) is 0. The molecule has 2 rings (SSSR count). The van der Waals surface area contributed by atoms with Crippen LogP contribution in [0.15, 0.2) is 34.1 Å². The number of hydrogen-bond acceptors (Lipinski definition) is 4. The summed E-state index contributed by atoms with van der Waals surface area (Å²) in [5.74, 6) is -1.84. The third-order valence-electron chi connectivity index (χ3n) is 2.47. The molecule has 1 heterocycles. The first-order chi connectivity index (χ1) is 9.54. The van der Waals surface area contributed by atoms with E-state index in [4.69, 9.17) is 0 Å². The molecule has 0 saturated carbocycles. The van der Waals surface area contributed by atoms with Crippen molar-refractivity contribution in [3.05, 3.63) is 50.4 Å². The number of anilines is 1. The lowest BCUT2D eigenvalue weighted by molar-refractivity contribution is 0.0607. The molecule has 0 fully saturated rings. The topological polar surface area (TPSA) is 55.4 Å². The van der Waals surface area contributed by atoms with Crippen LogP contribution in [0.1, 0.15) is 20.0 Å². The molecule has 1 aromatic carbocycles. The van der Waals surface area contributed by atoms with Crippen LogP contribution in [0, 0.1) is 5.82 Å². The number of thiophene rings is 1. The molecular formula is C13H9BrFNO3S. The maximum absolute atomic E-state index is 13.7. The van der Waals surface area contributed by atoms with Gasteiger partial charge in [0.2, 0.25) is 0 Å². The Hall–Kier alpha value is -1.73. The van der Waals surface area contributed by atoms with Crippen LogP contribution in [-0.4, -0.2) is 19.0 Å². The first-order valence-electron chi connectivity index (χ1n) is 5.45. The van der Waals surface area contributed by atoms with Crippen molar-refractivity contribution in [2.45, 2.75) is 0 Å². The van der Waals surface area contributed by atoms with Crippen LogP contribution in [0.4, 0.5) is 10.1 Å². The van der Waals surface area contributed by atoms with E-state index in [2.05, 4.69) is 26.0 Å². The zero-order valence-corrected chi connectivity index (χ0v) is 12.7. The van der Waals surface area contributed by atoms with Crippen molar-refractivity contribution in [1.82, 2.24) is 0 Å². The van der Waals surface area contributed by atoms with Crippen molar-refractivity contribution in [1.29, 1.82) is 0 Å². The molecule has 0 spiro atoms. The second kappa shape index (κ2) is 6.15. The number of carbonyl (C=O) groups excluding carboxylic acids is 2. The third kappa shape index (κ3) is 2.88. The Morgan fingerprint density at radius 1 is 1.35 bits per heavy atom. The van der Waals surface area contributed by atoms with Crippen molar-refractivity contribution in [2.75, 3.05) is 12.4 Å². The number of ether oxygens (including phenoxy) is 1. The van der Waals surface area contributed by atoms with Crippen LogP contribution < -0.4 is 5.32 Å². The fraction of sp³-hybridized carbons (Fsp3) is 0.0769. The average molecular weight is 358 g/mol. The molecule has 1 aromatic heterocycles. The van der Waals surface area contributed by atoms with Gasteiger partial charge in [0.25, 0.3) is 5.91 Å². The molecule has 0 unspecified atom stereocenters. The van der Waals surface area contributed by atoms with Gasteiger partial charge in [0.05, 0.1) is 18.4 Å². The van der Waals surface area contributed by atoms with Gasteiger partial charge in [-0.15, -0.1) is 11.3 Å². The molecule has 0 aliphatic heterocycles. The van der Waals surface area contributed by atoms with Crippen molar-refractivity contribution in [3.63, 3.8) is 0 Å². The van der Waals surface area contributed by atoms with Crippen LogP contribution in [0.5, 0.6) is 0 Å². The molecule has 0 bridgehead atoms. The van der Waals surface area contributed by atoms with E-state index in [0.717, 1.165) is 11.3 Å². The summed E-state index contributed by atoms with van der Waals surface area (Å²) >= 11 is 4.26. The summed E-state index contributed by atoms with van der Waals surface area (Å²) in [4.78, 5) is 23.8. The highest BCUT2D eigenvalue weighted by molar-refractivity contribution is 9.10. The van der Waals surface area contributed by atoms with E-state index >= 15 is 0 Å². The second-order valence-electron chi connectivity index (χ2n) is 3.71. The molecule has 2 aromatic rings. The lowest BCUT2D eigenvalue weighted by Crippen LogP contribution is -2.16. The molecule has 104 valence electrons. The number of amides is 1. The fourth-order valence-electron chi connectivity index (χ4n) is 1.56. The van der Waals surface area contributed by atoms with E-state index in [1.165, 1.54) is 19.2 Å². The van der Waals surface area contributed by atoms with E-state index in [0.29, 0.717) is 10.2 Å². The summed E-state index contributed by atoms with van der Waals surface area (Å²) in [6.07, 6.45) is 0. The average Bonchev–Trinajstić information content (AvgIpc) is 2.85. The van der Waals surface area contributed by atoms with Gasteiger partial charge < -0.3 is 10.1 Å². The maximum Gasteiger partial charge on any atom is 0.350 e. The van der Waals surface area contributed by atoms with Crippen LogP contribution in [-0.2, 0) is 4.74 Å². The third-order valence-corrected chi connectivity index (χ3v) is 4.03. The minimum Gasteiger partial charge on any atom is -0.465 e. The van der Waals surface area contributed by atoms with Gasteiger partial charge in [-0.3, -0.25) is 4.79 Å². The highest BCUT2D eigenvalue weighted by Crippen LogP contribution is 2.26. The molecule has 20 heavy (non-hydrogen) atoms. The summed E-state index contributed by atoms with van der Waals surface area (Å²) in [6, 6.07) is 5.80. The van der Waals surface area contributed by atoms with Gasteiger partial charge in [-0.1, -0.05) is 6.07 Å². The number of rotatable bonds is 3. The van der Waals surface area contributed by atoms with E-state index in [-0.39, 0.29) is 10.4 Å². The monoisotopic (exact) mass is 357 g/mol. The Morgan fingerprint density at radius 2 is 2.10 bits per heavy atom. The van der Waals surface area contributed by atoms with Crippen molar-refractivity contribution in [3.8, 4) is 0 Å². The standard InChI is InChI=1S/C13H9BrFNO3S/c1-19-13(18)11-9(5-6-20-11)16-12(17)10-7(14)3-2-4-8(10)15/h2-6H,1H3,(H,16,17). The van der Waals surface area contributed by atoms with E-state index in [9.17, 15) is 14.0 Å². The van der Waals surface area contributed by atoms with E-state index in [1.54, 1.807) is 17.5 Å². The maximum atomic E-state index is 13.7. The molecule has 0 aliphatic carbocycles. The van der Waals surface area contributed by atoms with Crippen LogP contribution >= 0.6 is 27.3 Å². The molecule has 4 nitrogen and oxygen atoms in total. The predicted molar refractivity (Wildman–Crippen MR) is 77.7 cm³/mol. The fourth-order valence-corrected chi connectivity index (χ4v) is 2.85. The SMILES string of the molecule is COC(=O)c1sccc1NC(=O)c1c(F)cccc1Br. The molecule has 1 N–H and O–H groups in total. The Kier molecular flexibility index (Phi) is 4.51. The summed E-state index contributed by atoms with van der Waals surface area (Å²) in [7, 11) is 1.25. The molecule has 1 amide bonds. The Balaban J connectivity index is 2.29. The van der Waals surface area contributed by atoms with Crippen molar-refractivity contribution >= 4 is 44.8 Å². The van der Waals surface area contributed by atoms with Gasteiger partial charge >= 0.3 is 5.97 Å². The quantitative estimate of drug-likeness (QED) is 0.852. The van der Waals surface area contributed by atoms with E-state index in [1.807, 2.05) is 0 Å². The van der Waals surface area contributed by atoms with Gasteiger partial charge in [-0.25, -0.2) is 9.18 Å². The smallest absolute Gasteiger partial charge is 0.350 e. The number of nitrogens with one attached hydrogen (secondary N) is 1. The second-order valence-corrected chi connectivity index (χ2v) is 5.48. The number of hydrogen-bond donors (Lipinski definition) is 1. The summed E-state index contributed by atoms with van der Waals surface area (Å²) < 4.78 is 18.6. The van der Waals surface area contributed by atoms with Gasteiger partial charge in [0, 0.05) is 4.47 Å². The van der Waals surface area contributed by atoms with E-state index < -0.39 is 17.7 Å². The van der Waals surface area contributed by atoms with Crippen molar-refractivity contribution < 1.29 is 18.7 Å². The predicted octanol–water partition coefficient (Wildman–Crippen LogP) is 3.69. The summed E-state index contributed by atoms with van der Waals surface area (Å²) in [5.41, 5.74) is 0.177. The first-order valence-corrected chi connectivity index (χ1v) is 7.13. The Morgan fingerprint density at radius 3 is 2.75 bits per heavy atom. The number of carbonyl (C=O) groups is 2. The zero-order chi connectivity index (χ0) is 14.7. The normalized spacial score (nSPS) is 10.2. The van der Waals surface area contributed by atoms with Gasteiger partial charge in [0.1, 0.15) is 10.7 Å². The Bertz CT molecular complexity index is 651. The molecule has 0 atom stereocenters. The number of benzene rings is 1. The lowest BCUT2D eigenvalue weighted by Gasteiger charge is -2.08. The Labute approximate surface area is 126 Å². The molecule has 7 heteroatoms. The number of halogens is 2. The van der Waals surface area contributed by atoms with Crippen LogP contribution in [0.25, 0.3) is 0 Å². The van der Waals surface area contributed by atoms with Gasteiger partial charge in [-0.2, -0.15) is 0 Å². The molecule has 0 saturated heterocycles. The highest BCUT2D eigenvalue weighted by atomic mass is 79.9. The number of methoxy groups -OCH3 is 1. The molecule has 0 aliphatic rings. The van der Waals surface area contributed by atoms with Crippen LogP contribution in [0.3, 0.4) is 0 Å². The van der Waals surface area contributed by atoms with Gasteiger partial charge in [0.15, 0.2) is 0 Å². The zero-order valence-electron chi connectivity index (χ0n) is 10.3. The van der Waals surface area contributed by atoms with Gasteiger partial charge in [-0.05, 0) is 39.5 Å². The minimum atomic E-state index is -0.647. The highest BCUT2D eigenvalue weighted by Gasteiger charge is 2.19. The van der Waals surface area contributed by atoms with Crippen LogP contribution in [0.2, 0.25) is 0 Å². The first kappa shape index (κ1) is 14.7. The lowest BCUT2D eigenvalue weighted by atomic mass is 10.2. The molecule has 0 radical (unpaired) electrons.